The minimum absolute atomic E-state index is 0.00551. The van der Waals surface area contributed by atoms with Crippen molar-refractivity contribution in [2.24, 2.45) is 5.92 Å². The van der Waals surface area contributed by atoms with Gasteiger partial charge < -0.3 is 14.5 Å². The number of hydrogen-bond donors (Lipinski definition) is 0. The number of rotatable bonds is 2. The molecule has 3 atom stereocenters. The van der Waals surface area contributed by atoms with Crippen LogP contribution in [0.15, 0.2) is 16.8 Å². The second-order valence-corrected chi connectivity index (χ2v) is 6.74. The van der Waals surface area contributed by atoms with Gasteiger partial charge in [0.05, 0.1) is 30.3 Å². The summed E-state index contributed by atoms with van der Waals surface area (Å²) in [5, 5.41) is 4.00. The van der Waals surface area contributed by atoms with Gasteiger partial charge in [-0.05, 0) is 24.3 Å². The molecule has 1 unspecified atom stereocenters. The van der Waals surface area contributed by atoms with Gasteiger partial charge in [-0.25, -0.2) is 0 Å². The van der Waals surface area contributed by atoms with E-state index in [2.05, 4.69) is 0 Å². The molecule has 0 bridgehead atoms. The average molecular weight is 306 g/mol. The predicted octanol–water partition coefficient (Wildman–Crippen LogP) is 1.49. The van der Waals surface area contributed by atoms with E-state index < -0.39 is 0 Å². The van der Waals surface area contributed by atoms with Gasteiger partial charge in [-0.3, -0.25) is 9.59 Å². The topological polar surface area (TPSA) is 49.9 Å². The van der Waals surface area contributed by atoms with Crippen LogP contribution < -0.4 is 4.90 Å². The van der Waals surface area contributed by atoms with Gasteiger partial charge >= 0.3 is 0 Å². The Morgan fingerprint density at radius 1 is 1.33 bits per heavy atom. The minimum atomic E-state index is -0.00551. The minimum Gasteiger partial charge on any atom is -0.381 e. The number of ether oxygens (including phenoxy) is 1. The Kier molecular flexibility index (Phi) is 3.23. The zero-order chi connectivity index (χ0) is 14.4. The first kappa shape index (κ1) is 13.3. The van der Waals surface area contributed by atoms with Crippen molar-refractivity contribution in [3.63, 3.8) is 0 Å². The van der Waals surface area contributed by atoms with Crippen LogP contribution >= 0.6 is 11.3 Å². The number of amides is 2. The lowest BCUT2D eigenvalue weighted by Gasteiger charge is -2.26. The van der Waals surface area contributed by atoms with E-state index in [1.54, 1.807) is 11.3 Å². The number of fused-ring (bicyclic) bond motifs is 1. The van der Waals surface area contributed by atoms with Crippen molar-refractivity contribution in [2.75, 3.05) is 24.7 Å². The lowest BCUT2D eigenvalue weighted by Crippen LogP contribution is -2.42. The first-order valence-electron chi connectivity index (χ1n) is 7.48. The van der Waals surface area contributed by atoms with Gasteiger partial charge in [0.15, 0.2) is 0 Å². The Morgan fingerprint density at radius 3 is 2.95 bits per heavy atom. The number of carbonyl (C=O) groups is 2. The molecule has 0 N–H and O–H groups in total. The van der Waals surface area contributed by atoms with Gasteiger partial charge in [-0.1, -0.05) is 0 Å². The van der Waals surface area contributed by atoms with E-state index in [0.717, 1.165) is 25.1 Å². The molecule has 6 heteroatoms. The number of nitrogens with zero attached hydrogens (tertiary/aromatic N) is 2. The highest BCUT2D eigenvalue weighted by Gasteiger charge is 2.49. The van der Waals surface area contributed by atoms with Gasteiger partial charge in [0.1, 0.15) is 0 Å². The van der Waals surface area contributed by atoms with Crippen molar-refractivity contribution in [1.29, 1.82) is 0 Å². The maximum absolute atomic E-state index is 12.6. The standard InChI is InChI=1S/C15H18N2O3S/c18-14-7-13-12(17(14)11-3-6-21-9-11)1-4-16(13)15(19)10-2-5-20-8-10/h3,6,9-10,12-13H,1-2,4-5,7-8H2/t10?,12-,13+/m1/s1. The fraction of sp³-hybridized carbons (Fsp3) is 0.600. The van der Waals surface area contributed by atoms with Crippen molar-refractivity contribution in [3.05, 3.63) is 16.8 Å². The zero-order valence-electron chi connectivity index (χ0n) is 11.7. The molecular formula is C15H18N2O3S. The summed E-state index contributed by atoms with van der Waals surface area (Å²) in [6, 6.07) is 2.18. The average Bonchev–Trinajstić information content (AvgIpc) is 3.23. The molecule has 3 aliphatic heterocycles. The van der Waals surface area contributed by atoms with E-state index in [-0.39, 0.29) is 29.8 Å². The van der Waals surface area contributed by atoms with Crippen LogP contribution in [-0.2, 0) is 14.3 Å². The third-order valence-corrected chi connectivity index (χ3v) is 5.51. The summed E-state index contributed by atoms with van der Waals surface area (Å²) in [5.74, 6) is 0.317. The van der Waals surface area contributed by atoms with Gasteiger partial charge in [-0.15, -0.1) is 0 Å². The van der Waals surface area contributed by atoms with E-state index in [1.165, 1.54) is 0 Å². The summed E-state index contributed by atoms with van der Waals surface area (Å²) in [4.78, 5) is 28.8. The van der Waals surface area contributed by atoms with E-state index >= 15 is 0 Å². The number of likely N-dealkylation sites (tertiary alicyclic amines) is 1. The van der Waals surface area contributed by atoms with E-state index in [4.69, 9.17) is 4.74 Å². The summed E-state index contributed by atoms with van der Waals surface area (Å²) < 4.78 is 5.33. The molecule has 0 saturated carbocycles. The predicted molar refractivity (Wildman–Crippen MR) is 79.3 cm³/mol. The van der Waals surface area contributed by atoms with Crippen LogP contribution in [0.25, 0.3) is 0 Å². The number of thiophene rings is 1. The smallest absolute Gasteiger partial charge is 0.229 e. The maximum atomic E-state index is 12.6. The SMILES string of the molecule is O=C(C1CCOC1)N1CC[C@@H]2[C@@H]1CC(=O)N2c1ccsc1. The van der Waals surface area contributed by atoms with Crippen molar-refractivity contribution in [1.82, 2.24) is 4.90 Å². The second-order valence-electron chi connectivity index (χ2n) is 5.96. The number of hydrogen-bond acceptors (Lipinski definition) is 4. The molecule has 3 aliphatic rings. The Hall–Kier alpha value is -1.40. The highest BCUT2D eigenvalue weighted by Crippen LogP contribution is 2.37. The molecule has 1 aromatic heterocycles. The van der Waals surface area contributed by atoms with Crippen molar-refractivity contribution >= 4 is 28.8 Å². The normalized spacial score (nSPS) is 32.0. The van der Waals surface area contributed by atoms with Gasteiger partial charge in [-0.2, -0.15) is 11.3 Å². The molecule has 4 heterocycles. The Labute approximate surface area is 127 Å². The Bertz CT molecular complexity index is 553. The van der Waals surface area contributed by atoms with Gasteiger partial charge in [0.2, 0.25) is 11.8 Å². The Morgan fingerprint density at radius 2 is 2.24 bits per heavy atom. The second kappa shape index (κ2) is 5.10. The van der Waals surface area contributed by atoms with E-state index in [0.29, 0.717) is 19.6 Å². The van der Waals surface area contributed by atoms with Gasteiger partial charge in [0, 0.05) is 25.0 Å². The van der Waals surface area contributed by atoms with Crippen LogP contribution in [0.3, 0.4) is 0 Å². The van der Waals surface area contributed by atoms with Crippen LogP contribution in [-0.4, -0.2) is 48.6 Å². The molecule has 1 aromatic rings. The first-order chi connectivity index (χ1) is 10.3. The molecule has 2 amide bonds. The molecular weight excluding hydrogens is 288 g/mol. The third-order valence-electron chi connectivity index (χ3n) is 4.84. The molecule has 0 spiro atoms. The molecule has 3 saturated heterocycles. The fourth-order valence-corrected chi connectivity index (χ4v) is 4.44. The van der Waals surface area contributed by atoms with Crippen LogP contribution in [0.4, 0.5) is 5.69 Å². The van der Waals surface area contributed by atoms with E-state index in [9.17, 15) is 9.59 Å². The lowest BCUT2D eigenvalue weighted by atomic mass is 10.1. The largest absolute Gasteiger partial charge is 0.381 e. The summed E-state index contributed by atoms with van der Waals surface area (Å²) in [6.45, 7) is 1.98. The quantitative estimate of drug-likeness (QED) is 0.832. The monoisotopic (exact) mass is 306 g/mol. The molecule has 21 heavy (non-hydrogen) atoms. The molecule has 4 rings (SSSR count). The summed E-state index contributed by atoms with van der Waals surface area (Å²) in [7, 11) is 0. The van der Waals surface area contributed by atoms with Crippen LogP contribution in [0.2, 0.25) is 0 Å². The molecule has 5 nitrogen and oxygen atoms in total. The summed E-state index contributed by atoms with van der Waals surface area (Å²) in [6.07, 6.45) is 2.15. The molecule has 0 radical (unpaired) electrons. The molecule has 0 aliphatic carbocycles. The van der Waals surface area contributed by atoms with Crippen molar-refractivity contribution < 1.29 is 14.3 Å². The van der Waals surface area contributed by atoms with Crippen molar-refractivity contribution in [3.8, 4) is 0 Å². The fourth-order valence-electron chi connectivity index (χ4n) is 3.81. The zero-order valence-corrected chi connectivity index (χ0v) is 12.6. The van der Waals surface area contributed by atoms with Crippen molar-refractivity contribution in [2.45, 2.75) is 31.3 Å². The van der Waals surface area contributed by atoms with Crippen LogP contribution in [0, 0.1) is 5.92 Å². The number of carbonyl (C=O) groups excluding carboxylic acids is 2. The first-order valence-corrected chi connectivity index (χ1v) is 8.42. The highest BCUT2D eigenvalue weighted by atomic mass is 32.1. The summed E-state index contributed by atoms with van der Waals surface area (Å²) >= 11 is 1.60. The van der Waals surface area contributed by atoms with Crippen LogP contribution in [0.1, 0.15) is 19.3 Å². The molecule has 3 fully saturated rings. The summed E-state index contributed by atoms with van der Waals surface area (Å²) in [5.41, 5.74) is 0.982. The van der Waals surface area contributed by atoms with E-state index in [1.807, 2.05) is 26.6 Å². The van der Waals surface area contributed by atoms with Crippen LogP contribution in [0.5, 0.6) is 0 Å². The van der Waals surface area contributed by atoms with Gasteiger partial charge in [0.25, 0.3) is 0 Å². The maximum Gasteiger partial charge on any atom is 0.229 e. The molecule has 0 aromatic carbocycles. The Balaban J connectivity index is 1.54. The highest BCUT2D eigenvalue weighted by molar-refractivity contribution is 7.08. The third kappa shape index (κ3) is 2.08. The number of anilines is 1. The molecule has 112 valence electrons. The lowest BCUT2D eigenvalue weighted by molar-refractivity contribution is -0.136.